The van der Waals surface area contributed by atoms with Crippen molar-refractivity contribution in [3.05, 3.63) is 111 Å². The molecule has 1 fully saturated rings. The number of rotatable bonds is 7. The SMILES string of the molecule is Cc1sc(C2CCN(C(=O)c3ccccc3-c3ccc(C(F)(F)F)cc3)CC2)nc1C(=O)NC(C)C(=O)c1ccccc1. The van der Waals surface area contributed by atoms with E-state index in [0.29, 0.717) is 53.9 Å². The van der Waals surface area contributed by atoms with Gasteiger partial charge in [0.2, 0.25) is 0 Å². The van der Waals surface area contributed by atoms with Gasteiger partial charge in [0.15, 0.2) is 5.78 Å². The zero-order valence-corrected chi connectivity index (χ0v) is 24.5. The minimum absolute atomic E-state index is 0.0721. The van der Waals surface area contributed by atoms with Crippen LogP contribution in [-0.2, 0) is 6.18 Å². The summed E-state index contributed by atoms with van der Waals surface area (Å²) < 4.78 is 39.1. The first-order valence-corrected chi connectivity index (χ1v) is 14.8. The van der Waals surface area contributed by atoms with Gasteiger partial charge < -0.3 is 10.2 Å². The van der Waals surface area contributed by atoms with Crippen LogP contribution in [-0.4, -0.2) is 46.6 Å². The van der Waals surface area contributed by atoms with E-state index < -0.39 is 23.7 Å². The van der Waals surface area contributed by atoms with Gasteiger partial charge in [-0.25, -0.2) is 4.98 Å². The number of carbonyl (C=O) groups is 3. The van der Waals surface area contributed by atoms with Crippen LogP contribution in [0.15, 0.2) is 78.9 Å². The summed E-state index contributed by atoms with van der Waals surface area (Å²) in [6.07, 6.45) is -3.12. The molecule has 1 unspecified atom stereocenters. The lowest BCUT2D eigenvalue weighted by Crippen LogP contribution is -2.39. The first kappa shape index (κ1) is 30.2. The first-order valence-electron chi connectivity index (χ1n) is 14.0. The van der Waals surface area contributed by atoms with Gasteiger partial charge in [-0.1, -0.05) is 60.7 Å². The lowest BCUT2D eigenvalue weighted by Gasteiger charge is -2.31. The number of nitrogens with zero attached hydrogens (tertiary/aromatic N) is 2. The van der Waals surface area contributed by atoms with Crippen molar-refractivity contribution in [3.63, 3.8) is 0 Å². The van der Waals surface area contributed by atoms with E-state index in [1.807, 2.05) is 13.0 Å². The van der Waals surface area contributed by atoms with Crippen LogP contribution in [0, 0.1) is 6.92 Å². The van der Waals surface area contributed by atoms with Gasteiger partial charge in [-0.15, -0.1) is 11.3 Å². The smallest absolute Gasteiger partial charge is 0.341 e. The van der Waals surface area contributed by atoms with E-state index in [0.717, 1.165) is 22.0 Å². The number of ketones is 1. The Morgan fingerprint density at radius 3 is 2.21 bits per heavy atom. The normalized spacial score (nSPS) is 14.8. The summed E-state index contributed by atoms with van der Waals surface area (Å²) in [5, 5.41) is 3.59. The minimum Gasteiger partial charge on any atom is -0.341 e. The molecule has 222 valence electrons. The Bertz CT molecular complexity index is 1630. The van der Waals surface area contributed by atoms with Crippen molar-refractivity contribution in [1.29, 1.82) is 0 Å². The monoisotopic (exact) mass is 605 g/mol. The molecule has 1 aromatic heterocycles. The van der Waals surface area contributed by atoms with Crippen molar-refractivity contribution in [3.8, 4) is 11.1 Å². The van der Waals surface area contributed by atoms with Crippen LogP contribution >= 0.6 is 11.3 Å². The summed E-state index contributed by atoms with van der Waals surface area (Å²) in [5.41, 5.74) is 1.63. The van der Waals surface area contributed by atoms with Gasteiger partial charge >= 0.3 is 6.18 Å². The lowest BCUT2D eigenvalue weighted by molar-refractivity contribution is -0.137. The predicted octanol–water partition coefficient (Wildman–Crippen LogP) is 7.16. The van der Waals surface area contributed by atoms with Crippen molar-refractivity contribution < 1.29 is 27.6 Å². The number of Topliss-reactive ketones (excluding diaryl/α,β-unsaturated/α-hetero) is 1. The number of piperidine rings is 1. The van der Waals surface area contributed by atoms with E-state index in [9.17, 15) is 27.6 Å². The molecule has 2 heterocycles. The average Bonchev–Trinajstić information content (AvgIpc) is 3.42. The van der Waals surface area contributed by atoms with E-state index >= 15 is 0 Å². The third-order valence-electron chi connectivity index (χ3n) is 7.64. The highest BCUT2D eigenvalue weighted by Gasteiger charge is 2.31. The van der Waals surface area contributed by atoms with Gasteiger partial charge in [0, 0.05) is 35.0 Å². The van der Waals surface area contributed by atoms with Crippen LogP contribution in [0.2, 0.25) is 0 Å². The highest BCUT2D eigenvalue weighted by molar-refractivity contribution is 7.12. The number of hydrogen-bond acceptors (Lipinski definition) is 5. The number of amides is 2. The molecule has 5 rings (SSSR count). The Balaban J connectivity index is 1.23. The van der Waals surface area contributed by atoms with Crippen molar-refractivity contribution in [2.24, 2.45) is 0 Å². The molecule has 1 aliphatic rings. The summed E-state index contributed by atoms with van der Waals surface area (Å²) in [6, 6.07) is 19.8. The summed E-state index contributed by atoms with van der Waals surface area (Å²) in [7, 11) is 0. The van der Waals surface area contributed by atoms with Crippen LogP contribution in [0.3, 0.4) is 0 Å². The number of thiazole rings is 1. The van der Waals surface area contributed by atoms with Crippen molar-refractivity contribution in [1.82, 2.24) is 15.2 Å². The molecule has 10 heteroatoms. The molecule has 4 aromatic rings. The molecular weight excluding hydrogens is 575 g/mol. The Hall–Kier alpha value is -4.31. The van der Waals surface area contributed by atoms with Gasteiger partial charge in [0.1, 0.15) is 5.69 Å². The second-order valence-corrected chi connectivity index (χ2v) is 11.8. The second kappa shape index (κ2) is 12.5. The third-order valence-corrected chi connectivity index (χ3v) is 8.77. The number of aryl methyl sites for hydroxylation is 1. The van der Waals surface area contributed by atoms with Crippen LogP contribution in [0.25, 0.3) is 11.1 Å². The zero-order valence-electron chi connectivity index (χ0n) is 23.6. The highest BCUT2D eigenvalue weighted by atomic mass is 32.1. The number of aromatic nitrogens is 1. The number of nitrogens with one attached hydrogen (secondary N) is 1. The molecule has 43 heavy (non-hydrogen) atoms. The number of carbonyl (C=O) groups excluding carboxylic acids is 3. The molecule has 1 aliphatic heterocycles. The Labute approximate surface area is 251 Å². The molecule has 3 aromatic carbocycles. The predicted molar refractivity (Wildman–Crippen MR) is 159 cm³/mol. The average molecular weight is 606 g/mol. The molecule has 0 spiro atoms. The molecular formula is C33H30F3N3O3S. The first-order chi connectivity index (χ1) is 20.5. The largest absolute Gasteiger partial charge is 0.416 e. The Morgan fingerprint density at radius 1 is 0.930 bits per heavy atom. The minimum atomic E-state index is -4.43. The summed E-state index contributed by atoms with van der Waals surface area (Å²) in [6.45, 7) is 4.44. The second-order valence-electron chi connectivity index (χ2n) is 10.6. The standard InChI is InChI=1S/C33H30F3N3O3S/c1-20(29(40)23-8-4-3-5-9-23)37-30(41)28-21(2)43-31(38-28)24-16-18-39(19-17-24)32(42)27-11-7-6-10-26(27)22-12-14-25(15-13-22)33(34,35)36/h3-15,20,24H,16-19H2,1-2H3,(H,37,41). The molecule has 1 N–H and O–H groups in total. The maximum atomic E-state index is 13.5. The number of alkyl halides is 3. The lowest BCUT2D eigenvalue weighted by atomic mass is 9.94. The molecule has 0 bridgehead atoms. The number of benzene rings is 3. The molecule has 2 amide bonds. The van der Waals surface area contributed by atoms with Crippen LogP contribution in [0.4, 0.5) is 13.2 Å². The summed E-state index contributed by atoms with van der Waals surface area (Å²) in [4.78, 5) is 46.4. The van der Waals surface area contributed by atoms with Crippen LogP contribution in [0.5, 0.6) is 0 Å². The van der Waals surface area contributed by atoms with Crippen LogP contribution < -0.4 is 5.32 Å². The van der Waals surface area contributed by atoms with E-state index in [1.54, 1.807) is 60.4 Å². The number of hydrogen-bond donors (Lipinski definition) is 1. The fraction of sp³-hybridized carbons (Fsp3) is 0.273. The highest BCUT2D eigenvalue weighted by Crippen LogP contribution is 2.35. The van der Waals surface area contributed by atoms with Gasteiger partial charge in [-0.05, 0) is 56.0 Å². The maximum absolute atomic E-state index is 13.5. The van der Waals surface area contributed by atoms with E-state index in [1.165, 1.54) is 23.5 Å². The van der Waals surface area contributed by atoms with Gasteiger partial charge in [0.25, 0.3) is 11.8 Å². The third kappa shape index (κ3) is 6.69. The molecule has 0 radical (unpaired) electrons. The Morgan fingerprint density at radius 2 is 1.56 bits per heavy atom. The zero-order chi connectivity index (χ0) is 30.7. The quantitative estimate of drug-likeness (QED) is 0.227. The molecule has 6 nitrogen and oxygen atoms in total. The van der Waals surface area contributed by atoms with Gasteiger partial charge in [-0.3, -0.25) is 14.4 Å². The number of likely N-dealkylation sites (tertiary alicyclic amines) is 1. The van der Waals surface area contributed by atoms with E-state index in [-0.39, 0.29) is 17.6 Å². The van der Waals surface area contributed by atoms with Gasteiger partial charge in [0.05, 0.1) is 16.6 Å². The van der Waals surface area contributed by atoms with Crippen molar-refractivity contribution in [2.45, 2.75) is 44.8 Å². The topological polar surface area (TPSA) is 79.4 Å². The molecule has 0 saturated carbocycles. The van der Waals surface area contributed by atoms with Gasteiger partial charge in [-0.2, -0.15) is 13.2 Å². The molecule has 1 saturated heterocycles. The summed E-state index contributed by atoms with van der Waals surface area (Å²) >= 11 is 1.45. The molecule has 0 aliphatic carbocycles. The Kier molecular flexibility index (Phi) is 8.77. The molecule has 1 atom stereocenters. The maximum Gasteiger partial charge on any atom is 0.416 e. The number of halogens is 3. The fourth-order valence-electron chi connectivity index (χ4n) is 5.25. The van der Waals surface area contributed by atoms with E-state index in [4.69, 9.17) is 0 Å². The van der Waals surface area contributed by atoms with Crippen molar-refractivity contribution >= 4 is 28.9 Å². The fourth-order valence-corrected chi connectivity index (χ4v) is 6.33. The van der Waals surface area contributed by atoms with E-state index in [2.05, 4.69) is 10.3 Å². The van der Waals surface area contributed by atoms with Crippen LogP contribution in [0.1, 0.15) is 72.3 Å². The summed E-state index contributed by atoms with van der Waals surface area (Å²) in [5.74, 6) is -0.688. The van der Waals surface area contributed by atoms with Crippen molar-refractivity contribution in [2.75, 3.05) is 13.1 Å².